The van der Waals surface area contributed by atoms with Crippen LogP contribution in [0.2, 0.25) is 0 Å². The first-order valence-corrected chi connectivity index (χ1v) is 8.00. The van der Waals surface area contributed by atoms with Gasteiger partial charge >= 0.3 is 0 Å². The van der Waals surface area contributed by atoms with Crippen LogP contribution in [0.5, 0.6) is 0 Å². The zero-order valence-electron chi connectivity index (χ0n) is 13.8. The molecule has 2 N–H and O–H groups in total. The zero-order chi connectivity index (χ0) is 17.1. The zero-order valence-corrected chi connectivity index (χ0v) is 13.8. The molecule has 0 aliphatic heterocycles. The summed E-state index contributed by atoms with van der Waals surface area (Å²) in [6, 6.07) is 15.4. The van der Waals surface area contributed by atoms with E-state index in [1.54, 1.807) is 6.92 Å². The van der Waals surface area contributed by atoms with Crippen molar-refractivity contribution in [2.45, 2.75) is 20.3 Å². The molecular weight excluding hydrogens is 300 g/mol. The fourth-order valence-electron chi connectivity index (χ4n) is 2.73. The summed E-state index contributed by atoms with van der Waals surface area (Å²) in [4.78, 5) is 26.6. The molecule has 1 heterocycles. The van der Waals surface area contributed by atoms with Gasteiger partial charge in [-0.3, -0.25) is 9.59 Å². The van der Waals surface area contributed by atoms with Gasteiger partial charge in [0, 0.05) is 23.2 Å². The van der Waals surface area contributed by atoms with Crippen LogP contribution in [-0.2, 0) is 6.42 Å². The van der Waals surface area contributed by atoms with Crippen molar-refractivity contribution < 1.29 is 4.79 Å². The largest absolute Gasteiger partial charge is 0.352 e. The van der Waals surface area contributed by atoms with Crippen molar-refractivity contribution in [3.63, 3.8) is 0 Å². The van der Waals surface area contributed by atoms with Crippen LogP contribution in [0.1, 0.15) is 27.0 Å². The van der Waals surface area contributed by atoms with Gasteiger partial charge in [-0.1, -0.05) is 23.8 Å². The minimum Gasteiger partial charge on any atom is -0.352 e. The number of rotatable bonds is 4. The summed E-state index contributed by atoms with van der Waals surface area (Å²) < 4.78 is 0. The molecule has 4 heteroatoms. The number of aromatic nitrogens is 1. The summed E-state index contributed by atoms with van der Waals surface area (Å²) in [6.07, 6.45) is 0.742. The Morgan fingerprint density at radius 2 is 1.92 bits per heavy atom. The van der Waals surface area contributed by atoms with Gasteiger partial charge in [-0.2, -0.15) is 0 Å². The lowest BCUT2D eigenvalue weighted by Gasteiger charge is -2.07. The number of H-pyrrole nitrogens is 1. The third kappa shape index (κ3) is 3.54. The molecule has 0 spiro atoms. The quantitative estimate of drug-likeness (QED) is 0.776. The van der Waals surface area contributed by atoms with Crippen LogP contribution < -0.4 is 10.9 Å². The monoisotopic (exact) mass is 320 g/mol. The van der Waals surface area contributed by atoms with Gasteiger partial charge in [-0.05, 0) is 61.5 Å². The summed E-state index contributed by atoms with van der Waals surface area (Å²) in [5.41, 5.74) is 4.35. The molecule has 0 saturated carbocycles. The van der Waals surface area contributed by atoms with E-state index >= 15 is 0 Å². The number of amides is 1. The van der Waals surface area contributed by atoms with E-state index in [-0.39, 0.29) is 11.5 Å². The Morgan fingerprint density at radius 3 is 2.71 bits per heavy atom. The topological polar surface area (TPSA) is 62.0 Å². The third-order valence-electron chi connectivity index (χ3n) is 4.07. The molecule has 1 aromatic heterocycles. The van der Waals surface area contributed by atoms with Gasteiger partial charge in [0.05, 0.1) is 0 Å². The minimum atomic E-state index is -0.0559. The van der Waals surface area contributed by atoms with Crippen LogP contribution >= 0.6 is 0 Å². The number of aryl methyl sites for hydroxylation is 2. The number of benzene rings is 2. The maximum atomic E-state index is 12.1. The number of fused-ring (bicyclic) bond motifs is 1. The Bertz CT molecular complexity index is 957. The minimum absolute atomic E-state index is 0.0549. The summed E-state index contributed by atoms with van der Waals surface area (Å²) in [6.45, 7) is 4.34. The average Bonchev–Trinajstić information content (AvgIpc) is 2.56. The summed E-state index contributed by atoms with van der Waals surface area (Å²) in [5.74, 6) is -0.0559. The van der Waals surface area contributed by atoms with E-state index in [2.05, 4.69) is 16.4 Å². The second-order valence-corrected chi connectivity index (χ2v) is 6.08. The highest BCUT2D eigenvalue weighted by atomic mass is 16.1. The number of aromatic amines is 1. The standard InChI is InChI=1S/C20H20N2O2/c1-13-4-3-5-16(10-13)20(24)21-9-8-15-6-7-18-17(12-15)11-14(2)19(23)22-18/h3-7,10-12H,8-9H2,1-2H3,(H,21,24)(H,22,23). The molecule has 4 nitrogen and oxygen atoms in total. The fraction of sp³-hybridized carbons (Fsp3) is 0.200. The molecule has 0 radical (unpaired) electrons. The molecule has 3 rings (SSSR count). The highest BCUT2D eigenvalue weighted by Gasteiger charge is 2.05. The van der Waals surface area contributed by atoms with Crippen LogP contribution in [0.15, 0.2) is 53.3 Å². The van der Waals surface area contributed by atoms with E-state index in [0.717, 1.165) is 28.5 Å². The first kappa shape index (κ1) is 16.0. The predicted octanol–water partition coefficient (Wildman–Crippen LogP) is 3.12. The van der Waals surface area contributed by atoms with Crippen molar-refractivity contribution in [2.75, 3.05) is 6.54 Å². The Kier molecular flexibility index (Phi) is 4.47. The smallest absolute Gasteiger partial charge is 0.251 e. The second-order valence-electron chi connectivity index (χ2n) is 6.08. The lowest BCUT2D eigenvalue weighted by Crippen LogP contribution is -2.25. The first-order chi connectivity index (χ1) is 11.5. The molecule has 1 amide bonds. The predicted molar refractivity (Wildman–Crippen MR) is 96.5 cm³/mol. The molecule has 2 aromatic carbocycles. The van der Waals surface area contributed by atoms with Crippen molar-refractivity contribution >= 4 is 16.8 Å². The average molecular weight is 320 g/mol. The Balaban J connectivity index is 1.66. The molecule has 0 fully saturated rings. The van der Waals surface area contributed by atoms with Crippen LogP contribution in [0.4, 0.5) is 0 Å². The van der Waals surface area contributed by atoms with Crippen molar-refractivity contribution in [2.24, 2.45) is 0 Å². The molecule has 0 unspecified atom stereocenters. The van der Waals surface area contributed by atoms with Gasteiger partial charge < -0.3 is 10.3 Å². The highest BCUT2D eigenvalue weighted by Crippen LogP contribution is 2.14. The number of nitrogens with one attached hydrogen (secondary N) is 2. The van der Waals surface area contributed by atoms with Crippen molar-refractivity contribution in [1.29, 1.82) is 0 Å². The van der Waals surface area contributed by atoms with Gasteiger partial charge in [0.1, 0.15) is 0 Å². The molecule has 0 aliphatic rings. The van der Waals surface area contributed by atoms with Crippen LogP contribution in [-0.4, -0.2) is 17.4 Å². The van der Waals surface area contributed by atoms with Crippen molar-refractivity contribution in [3.8, 4) is 0 Å². The number of pyridine rings is 1. The Labute approximate surface area is 140 Å². The van der Waals surface area contributed by atoms with Crippen molar-refractivity contribution in [3.05, 3.63) is 81.1 Å². The van der Waals surface area contributed by atoms with Gasteiger partial charge in [0.2, 0.25) is 0 Å². The van der Waals surface area contributed by atoms with E-state index in [1.165, 1.54) is 0 Å². The van der Waals surface area contributed by atoms with Crippen molar-refractivity contribution in [1.82, 2.24) is 10.3 Å². The number of hydrogen-bond donors (Lipinski definition) is 2. The highest BCUT2D eigenvalue weighted by molar-refractivity contribution is 5.94. The third-order valence-corrected chi connectivity index (χ3v) is 4.07. The SMILES string of the molecule is Cc1cccc(C(=O)NCCc2ccc3[nH]c(=O)c(C)cc3c2)c1. The number of carbonyl (C=O) groups is 1. The number of carbonyl (C=O) groups excluding carboxylic acids is 1. The summed E-state index contributed by atoms with van der Waals surface area (Å²) in [7, 11) is 0. The summed E-state index contributed by atoms with van der Waals surface area (Å²) >= 11 is 0. The van der Waals surface area contributed by atoms with Gasteiger partial charge in [0.25, 0.3) is 11.5 Å². The molecular formula is C20H20N2O2. The second kappa shape index (κ2) is 6.71. The van der Waals surface area contributed by atoms with Gasteiger partial charge in [-0.25, -0.2) is 0 Å². The first-order valence-electron chi connectivity index (χ1n) is 8.00. The lowest BCUT2D eigenvalue weighted by atomic mass is 10.1. The Morgan fingerprint density at radius 1 is 1.08 bits per heavy atom. The van der Waals surface area contributed by atoms with E-state index in [9.17, 15) is 9.59 Å². The van der Waals surface area contributed by atoms with Gasteiger partial charge in [-0.15, -0.1) is 0 Å². The molecule has 3 aromatic rings. The fourth-order valence-corrected chi connectivity index (χ4v) is 2.73. The van der Waals surface area contributed by atoms with Crippen LogP contribution in [0.25, 0.3) is 10.9 Å². The van der Waals surface area contributed by atoms with Crippen LogP contribution in [0.3, 0.4) is 0 Å². The molecule has 122 valence electrons. The molecule has 0 aliphatic carbocycles. The normalized spacial score (nSPS) is 10.8. The molecule has 0 bridgehead atoms. The molecule has 0 saturated heterocycles. The number of hydrogen-bond acceptors (Lipinski definition) is 2. The van der Waals surface area contributed by atoms with Crippen LogP contribution in [0, 0.1) is 13.8 Å². The summed E-state index contributed by atoms with van der Waals surface area (Å²) in [5, 5.41) is 3.96. The van der Waals surface area contributed by atoms with E-state index in [4.69, 9.17) is 0 Å². The molecule has 24 heavy (non-hydrogen) atoms. The Hall–Kier alpha value is -2.88. The molecule has 0 atom stereocenters. The maximum Gasteiger partial charge on any atom is 0.251 e. The van der Waals surface area contributed by atoms with E-state index in [1.807, 2.05) is 49.4 Å². The lowest BCUT2D eigenvalue weighted by molar-refractivity contribution is 0.0954. The van der Waals surface area contributed by atoms with E-state index < -0.39 is 0 Å². The maximum absolute atomic E-state index is 12.1. The van der Waals surface area contributed by atoms with Gasteiger partial charge in [0.15, 0.2) is 0 Å². The van der Waals surface area contributed by atoms with E-state index in [0.29, 0.717) is 17.7 Å².